The lowest BCUT2D eigenvalue weighted by atomic mass is 9.65. The van der Waals surface area contributed by atoms with Crippen LogP contribution >= 0.6 is 0 Å². The molecule has 0 spiro atoms. The number of nitriles is 1. The minimum atomic E-state index is -4.66. The van der Waals surface area contributed by atoms with E-state index in [-0.39, 0.29) is 25.2 Å². The second-order valence-corrected chi connectivity index (χ2v) is 8.14. The van der Waals surface area contributed by atoms with Crippen LogP contribution in [0.25, 0.3) is 0 Å². The maximum atomic E-state index is 13.2. The molecule has 0 aliphatic heterocycles. The van der Waals surface area contributed by atoms with Gasteiger partial charge in [0, 0.05) is 5.92 Å². The third-order valence-electron chi connectivity index (χ3n) is 6.89. The molecule has 2 fully saturated rings. The Morgan fingerprint density at radius 3 is 2.61 bits per heavy atom. The zero-order valence-electron chi connectivity index (χ0n) is 16.7. The van der Waals surface area contributed by atoms with Crippen molar-refractivity contribution in [2.75, 3.05) is 6.54 Å². The fourth-order valence-corrected chi connectivity index (χ4v) is 5.52. The van der Waals surface area contributed by atoms with Gasteiger partial charge in [-0.2, -0.15) is 22.8 Å². The Morgan fingerprint density at radius 1 is 1.42 bits per heavy atom. The number of carboxylic acid groups (broad SMARTS) is 1. The quantitative estimate of drug-likeness (QED) is 0.568. The van der Waals surface area contributed by atoms with E-state index in [1.807, 2.05) is 0 Å². The summed E-state index contributed by atoms with van der Waals surface area (Å²) < 4.78 is 55.4. The summed E-state index contributed by atoms with van der Waals surface area (Å²) in [5.41, 5.74) is 3.17. The lowest BCUT2D eigenvalue weighted by Crippen LogP contribution is -2.45. The molecule has 2 aliphatic rings. The van der Waals surface area contributed by atoms with Crippen LogP contribution in [0.15, 0.2) is 24.3 Å². The topological polar surface area (TPSA) is 113 Å². The van der Waals surface area contributed by atoms with Crippen molar-refractivity contribution >= 4 is 11.8 Å². The van der Waals surface area contributed by atoms with Crippen molar-refractivity contribution in [2.45, 2.75) is 38.7 Å². The molecule has 5 atom stereocenters. The highest BCUT2D eigenvalue weighted by atomic mass is 19.3. The highest BCUT2D eigenvalue weighted by molar-refractivity contribution is 5.94. The maximum Gasteiger partial charge on any atom is 0.461 e. The maximum absolute atomic E-state index is 13.2. The summed E-state index contributed by atoms with van der Waals surface area (Å²) in [6, 6.07) is 7.19. The summed E-state index contributed by atoms with van der Waals surface area (Å²) >= 11 is 0. The number of ether oxygens (including phenoxy) is 1. The van der Waals surface area contributed by atoms with E-state index in [0.29, 0.717) is 5.56 Å². The van der Waals surface area contributed by atoms with Crippen LogP contribution in [0.1, 0.15) is 25.3 Å². The van der Waals surface area contributed by atoms with Crippen LogP contribution in [0.4, 0.5) is 17.6 Å². The molecule has 0 saturated heterocycles. The molecule has 3 rings (SSSR count). The minimum Gasteiger partial charge on any atom is -0.481 e. The summed E-state index contributed by atoms with van der Waals surface area (Å²) in [6.07, 6.45) is -8.05. The first-order valence-corrected chi connectivity index (χ1v) is 9.83. The summed E-state index contributed by atoms with van der Waals surface area (Å²) in [7, 11) is 0. The molecule has 5 unspecified atom stereocenters. The van der Waals surface area contributed by atoms with E-state index in [1.54, 1.807) is 6.92 Å². The first-order chi connectivity index (χ1) is 14.5. The number of aliphatic carboxylic acids is 1. The van der Waals surface area contributed by atoms with Crippen molar-refractivity contribution in [1.29, 1.82) is 5.26 Å². The number of nitrogens with two attached hydrogens (primary N) is 1. The molecule has 3 N–H and O–H groups in total. The Morgan fingerprint density at radius 2 is 2.10 bits per heavy atom. The Labute approximate surface area is 176 Å². The van der Waals surface area contributed by atoms with Gasteiger partial charge in [-0.3, -0.25) is 9.59 Å². The molecule has 31 heavy (non-hydrogen) atoms. The normalized spacial score (nSPS) is 31.7. The SMILES string of the molecule is CCC1(C(=O)O)C2CC(Cc3cccc(OC(F)(F)C(F)F)c3)C(C#N)(C(=O)CN)C21. The number of Topliss-reactive ketones (excluding diaryl/α,β-unsaturated/α-hetero) is 1. The number of carbonyl (C=O) groups is 2. The van der Waals surface area contributed by atoms with Crippen molar-refractivity contribution < 1.29 is 37.0 Å². The number of fused-ring (bicyclic) bond motifs is 1. The lowest BCUT2D eigenvalue weighted by Gasteiger charge is -2.33. The van der Waals surface area contributed by atoms with Crippen LogP contribution in [-0.4, -0.2) is 35.9 Å². The Balaban J connectivity index is 1.91. The smallest absolute Gasteiger partial charge is 0.461 e. The number of hydrogen-bond donors (Lipinski definition) is 2. The molecule has 10 heteroatoms. The summed E-state index contributed by atoms with van der Waals surface area (Å²) in [4.78, 5) is 24.8. The molecule has 1 aromatic carbocycles. The largest absolute Gasteiger partial charge is 0.481 e. The fraction of sp³-hybridized carbons (Fsp3) is 0.571. The first-order valence-electron chi connectivity index (χ1n) is 9.83. The molecule has 0 amide bonds. The highest BCUT2D eigenvalue weighted by Gasteiger charge is 2.82. The Kier molecular flexibility index (Phi) is 5.78. The van der Waals surface area contributed by atoms with Crippen molar-refractivity contribution in [3.63, 3.8) is 0 Å². The molecular formula is C21H22F4N2O4. The van der Waals surface area contributed by atoms with Crippen LogP contribution in [0.3, 0.4) is 0 Å². The van der Waals surface area contributed by atoms with E-state index in [4.69, 9.17) is 5.73 Å². The van der Waals surface area contributed by atoms with Crippen LogP contribution in [-0.2, 0) is 16.0 Å². The van der Waals surface area contributed by atoms with Crippen LogP contribution in [0.2, 0.25) is 0 Å². The van der Waals surface area contributed by atoms with E-state index in [1.165, 1.54) is 12.1 Å². The van der Waals surface area contributed by atoms with Gasteiger partial charge in [-0.15, -0.1) is 0 Å². The van der Waals surface area contributed by atoms with Gasteiger partial charge in [0.2, 0.25) is 0 Å². The molecule has 2 saturated carbocycles. The summed E-state index contributed by atoms with van der Waals surface area (Å²) in [5.74, 6) is -3.74. The van der Waals surface area contributed by atoms with Crippen molar-refractivity contribution in [1.82, 2.24) is 0 Å². The van der Waals surface area contributed by atoms with Crippen molar-refractivity contribution in [3.8, 4) is 11.8 Å². The number of alkyl halides is 4. The van der Waals surface area contributed by atoms with Gasteiger partial charge in [-0.1, -0.05) is 19.1 Å². The molecule has 6 nitrogen and oxygen atoms in total. The molecule has 2 aliphatic carbocycles. The zero-order valence-corrected chi connectivity index (χ0v) is 16.7. The van der Waals surface area contributed by atoms with Gasteiger partial charge in [0.05, 0.1) is 18.0 Å². The number of ketones is 1. The summed E-state index contributed by atoms with van der Waals surface area (Å²) in [5, 5.41) is 19.8. The zero-order chi connectivity index (χ0) is 23.2. The molecule has 0 heterocycles. The number of nitrogens with zero attached hydrogens (tertiary/aromatic N) is 1. The monoisotopic (exact) mass is 442 g/mol. The first kappa shape index (κ1) is 23.0. The van der Waals surface area contributed by atoms with E-state index < -0.39 is 59.2 Å². The minimum absolute atomic E-state index is 0.0865. The van der Waals surface area contributed by atoms with E-state index in [9.17, 15) is 37.5 Å². The van der Waals surface area contributed by atoms with Crippen LogP contribution < -0.4 is 10.5 Å². The van der Waals surface area contributed by atoms with Gasteiger partial charge in [0.25, 0.3) is 0 Å². The second-order valence-electron chi connectivity index (χ2n) is 8.14. The fourth-order valence-electron chi connectivity index (χ4n) is 5.52. The average Bonchev–Trinajstić information content (AvgIpc) is 3.25. The molecule has 0 aromatic heterocycles. The number of carbonyl (C=O) groups excluding carboxylic acids is 1. The molecule has 168 valence electrons. The third kappa shape index (κ3) is 3.35. The van der Waals surface area contributed by atoms with Gasteiger partial charge in [0.1, 0.15) is 11.2 Å². The number of carboxylic acids is 1. The number of halogens is 4. The predicted molar refractivity (Wildman–Crippen MR) is 99.3 cm³/mol. The second kappa shape index (κ2) is 7.79. The van der Waals surface area contributed by atoms with Crippen molar-refractivity contribution in [2.24, 2.45) is 34.3 Å². The van der Waals surface area contributed by atoms with Gasteiger partial charge in [-0.25, -0.2) is 0 Å². The number of rotatable bonds is 9. The van der Waals surface area contributed by atoms with Gasteiger partial charge in [0.15, 0.2) is 5.78 Å². The lowest BCUT2D eigenvalue weighted by molar-refractivity contribution is -0.253. The molecular weight excluding hydrogens is 420 g/mol. The Hall–Kier alpha value is -2.67. The third-order valence-corrected chi connectivity index (χ3v) is 6.89. The van der Waals surface area contributed by atoms with E-state index in [0.717, 1.165) is 12.1 Å². The van der Waals surface area contributed by atoms with Gasteiger partial charge in [-0.05, 0) is 48.8 Å². The Bertz CT molecular complexity index is 934. The van der Waals surface area contributed by atoms with Gasteiger partial charge < -0.3 is 15.6 Å². The predicted octanol–water partition coefficient (Wildman–Crippen LogP) is 3.25. The van der Waals surface area contributed by atoms with E-state index in [2.05, 4.69) is 10.8 Å². The standard InChI is InChI=1S/C21H22F4N2O4/c1-2-19(18(29)30)14-8-12(20(10-27,16(14)19)15(28)9-26)6-11-4-3-5-13(7-11)31-21(24,25)17(22)23/h3-5,7,12,14,16-17H,2,6,8-9,26H2,1H3,(H,29,30). The van der Waals surface area contributed by atoms with Gasteiger partial charge >= 0.3 is 18.5 Å². The molecule has 0 radical (unpaired) electrons. The molecule has 1 aromatic rings. The number of hydrogen-bond acceptors (Lipinski definition) is 5. The van der Waals surface area contributed by atoms with Crippen LogP contribution in [0.5, 0.6) is 5.75 Å². The summed E-state index contributed by atoms with van der Waals surface area (Å²) in [6.45, 7) is 1.26. The van der Waals surface area contributed by atoms with E-state index >= 15 is 0 Å². The molecule has 0 bridgehead atoms. The van der Waals surface area contributed by atoms with Crippen LogP contribution in [0, 0.1) is 39.9 Å². The van der Waals surface area contributed by atoms with Crippen molar-refractivity contribution in [3.05, 3.63) is 29.8 Å². The highest BCUT2D eigenvalue weighted by Crippen LogP contribution is 2.77. The average molecular weight is 442 g/mol. The number of benzene rings is 1.